The summed E-state index contributed by atoms with van der Waals surface area (Å²) in [5, 5.41) is 42.2. The normalized spacial score (nSPS) is 14.6. The molecule has 0 aliphatic carbocycles. The highest BCUT2D eigenvalue weighted by molar-refractivity contribution is 6.43. The first-order valence-electron chi connectivity index (χ1n) is 16.3. The maximum Gasteiger partial charge on any atom is 0.475 e. The minimum Gasteiger partial charge on any atom is -0.426 e. The lowest BCUT2D eigenvalue weighted by Crippen LogP contribution is -2.60. The van der Waals surface area contributed by atoms with Gasteiger partial charge in [0.2, 0.25) is 23.6 Å². The van der Waals surface area contributed by atoms with E-state index in [2.05, 4.69) is 26.6 Å². The number of carbonyl (C=O) groups is 5. The number of aliphatic hydroxyl groups excluding tert-OH is 1. The van der Waals surface area contributed by atoms with E-state index in [1.54, 1.807) is 36.4 Å². The molecule has 6 atom stereocenters. The topological polar surface area (TPSA) is 232 Å². The number of rotatable bonds is 19. The lowest BCUT2D eigenvalue weighted by Gasteiger charge is -2.26. The van der Waals surface area contributed by atoms with Gasteiger partial charge in [0.1, 0.15) is 24.2 Å². The zero-order valence-electron chi connectivity index (χ0n) is 28.2. The van der Waals surface area contributed by atoms with Crippen molar-refractivity contribution in [1.29, 1.82) is 0 Å². The molecule has 0 heterocycles. The number of nitrogens with one attached hydrogen (secondary N) is 5. The molecule has 268 valence electrons. The number of hydrogen-bond donors (Lipinski definition) is 9. The van der Waals surface area contributed by atoms with Gasteiger partial charge in [0.15, 0.2) is 0 Å². The highest BCUT2D eigenvalue weighted by atomic mass is 35.5. The number of amides is 5. The van der Waals surface area contributed by atoms with Crippen molar-refractivity contribution in [3.05, 3.63) is 59.1 Å². The zero-order chi connectivity index (χ0) is 36.7. The molecule has 0 radical (unpaired) electrons. The molecule has 0 saturated carbocycles. The maximum absolute atomic E-state index is 13.3. The van der Waals surface area contributed by atoms with E-state index in [1.807, 2.05) is 19.1 Å². The van der Waals surface area contributed by atoms with Crippen LogP contribution < -0.4 is 32.3 Å². The molecule has 0 fully saturated rings. The Labute approximate surface area is 292 Å². The van der Waals surface area contributed by atoms with Gasteiger partial charge in [-0.15, -0.1) is 0 Å². The van der Waals surface area contributed by atoms with Gasteiger partial charge in [-0.1, -0.05) is 49.2 Å². The highest BCUT2D eigenvalue weighted by Gasteiger charge is 2.32. The summed E-state index contributed by atoms with van der Waals surface area (Å²) in [5.74, 6) is -4.47. The highest BCUT2D eigenvalue weighted by Crippen LogP contribution is 2.22. The molecular formula is C33H48BClN6O8. The first-order valence-corrected chi connectivity index (χ1v) is 16.7. The molecule has 2 aromatic carbocycles. The molecule has 10 N–H and O–H groups in total. The first kappa shape index (κ1) is 41.2. The second kappa shape index (κ2) is 20.5. The second-order valence-corrected chi connectivity index (χ2v) is 12.3. The predicted molar refractivity (Wildman–Crippen MR) is 187 cm³/mol. The molecule has 0 aromatic heterocycles. The largest absolute Gasteiger partial charge is 0.475 e. The fraction of sp³-hybridized carbons (Fsp3) is 0.485. The van der Waals surface area contributed by atoms with Crippen LogP contribution in [0.2, 0.25) is 5.02 Å². The lowest BCUT2D eigenvalue weighted by molar-refractivity contribution is -0.135. The molecular weight excluding hydrogens is 655 g/mol. The Morgan fingerprint density at radius 2 is 1.29 bits per heavy atom. The average Bonchev–Trinajstić information content (AvgIpc) is 3.06. The van der Waals surface area contributed by atoms with Gasteiger partial charge in [0, 0.05) is 10.6 Å². The summed E-state index contributed by atoms with van der Waals surface area (Å²) in [6.07, 6.45) is 0.660. The summed E-state index contributed by atoms with van der Waals surface area (Å²) < 4.78 is 0. The Hall–Kier alpha value is -4.02. The summed E-state index contributed by atoms with van der Waals surface area (Å²) in [4.78, 5) is 65.3. The molecule has 0 unspecified atom stereocenters. The lowest BCUT2D eigenvalue weighted by atomic mass is 9.81. The third kappa shape index (κ3) is 13.4. The van der Waals surface area contributed by atoms with Gasteiger partial charge < -0.3 is 47.5 Å². The fourth-order valence-corrected chi connectivity index (χ4v) is 4.87. The number of hydrogen-bond acceptors (Lipinski definition) is 9. The molecule has 49 heavy (non-hydrogen) atoms. The number of halogens is 1. The van der Waals surface area contributed by atoms with Gasteiger partial charge in [-0.05, 0) is 88.4 Å². The Bertz CT molecular complexity index is 1400. The molecule has 0 bridgehead atoms. The van der Waals surface area contributed by atoms with Gasteiger partial charge in [0.05, 0.1) is 12.0 Å². The van der Waals surface area contributed by atoms with Crippen LogP contribution in [-0.2, 0) is 19.2 Å². The van der Waals surface area contributed by atoms with Crippen LogP contribution in [0.15, 0.2) is 48.5 Å². The van der Waals surface area contributed by atoms with Crippen molar-refractivity contribution in [2.45, 2.75) is 96.0 Å². The van der Waals surface area contributed by atoms with Crippen LogP contribution in [-0.4, -0.2) is 94.6 Å². The van der Waals surface area contributed by atoms with Crippen LogP contribution in [0.4, 0.5) is 0 Å². The Balaban J connectivity index is 2.06. The molecule has 14 nitrogen and oxygen atoms in total. The van der Waals surface area contributed by atoms with Gasteiger partial charge in [-0.3, -0.25) is 24.0 Å². The third-order valence-corrected chi connectivity index (χ3v) is 7.99. The van der Waals surface area contributed by atoms with E-state index in [0.29, 0.717) is 36.4 Å². The van der Waals surface area contributed by atoms with E-state index < -0.39 is 72.9 Å². The molecule has 0 spiro atoms. The van der Waals surface area contributed by atoms with Crippen molar-refractivity contribution in [2.75, 3.05) is 6.54 Å². The van der Waals surface area contributed by atoms with Gasteiger partial charge in [-0.2, -0.15) is 0 Å². The summed E-state index contributed by atoms with van der Waals surface area (Å²) >= 11 is 5.96. The predicted octanol–water partition coefficient (Wildman–Crippen LogP) is 0.406. The van der Waals surface area contributed by atoms with Gasteiger partial charge >= 0.3 is 7.12 Å². The second-order valence-electron chi connectivity index (χ2n) is 11.9. The van der Waals surface area contributed by atoms with Crippen molar-refractivity contribution in [3.63, 3.8) is 0 Å². The van der Waals surface area contributed by atoms with Crippen LogP contribution >= 0.6 is 11.6 Å². The molecule has 2 aromatic rings. The summed E-state index contributed by atoms with van der Waals surface area (Å²) in [6.45, 7) is 6.23. The van der Waals surface area contributed by atoms with Crippen molar-refractivity contribution in [3.8, 4) is 11.1 Å². The maximum atomic E-state index is 13.3. The zero-order valence-corrected chi connectivity index (χ0v) is 29.0. The smallest absolute Gasteiger partial charge is 0.426 e. The van der Waals surface area contributed by atoms with Crippen LogP contribution in [0.1, 0.15) is 70.2 Å². The molecule has 5 amide bonds. The summed E-state index contributed by atoms with van der Waals surface area (Å²) in [5.41, 5.74) is 7.63. The summed E-state index contributed by atoms with van der Waals surface area (Å²) in [6, 6.07) is 9.27. The minimum absolute atomic E-state index is 0.201. The standard InChI is InChI=1S/C33H48BClN6O8/c1-5-8-26(40-30(44)24-12-10-22(11-13-24)23-14-16-25(35)17-15-23)32(46)41-28(20(3)42)33(47)37-19(2)29(43)39-27(9-6-7-18-36)31(45)38-21(4)34(48)49/h10-17,19-21,26-28,42,48-49H,5-9,18,36H2,1-4H3,(H,37,47)(H,38,45)(H,39,43)(H,40,44)(H,41,46)/t19-,20+,21-,26-,27-,28-/m0/s1. The minimum atomic E-state index is -1.81. The average molecular weight is 703 g/mol. The van der Waals surface area contributed by atoms with Crippen molar-refractivity contribution < 1.29 is 39.1 Å². The van der Waals surface area contributed by atoms with E-state index in [1.165, 1.54) is 20.8 Å². The molecule has 0 aliphatic heterocycles. The molecule has 0 aliphatic rings. The van der Waals surface area contributed by atoms with Crippen molar-refractivity contribution in [1.82, 2.24) is 26.6 Å². The number of carbonyl (C=O) groups excluding carboxylic acids is 5. The Kier molecular flexibility index (Phi) is 17.2. The van der Waals surface area contributed by atoms with E-state index in [4.69, 9.17) is 17.3 Å². The number of nitrogens with two attached hydrogens (primary N) is 1. The van der Waals surface area contributed by atoms with Gasteiger partial charge in [0.25, 0.3) is 5.91 Å². The van der Waals surface area contributed by atoms with E-state index in [0.717, 1.165) is 11.1 Å². The molecule has 2 rings (SSSR count). The molecule has 16 heteroatoms. The van der Waals surface area contributed by atoms with Crippen LogP contribution in [0.5, 0.6) is 0 Å². The van der Waals surface area contributed by atoms with Gasteiger partial charge in [-0.25, -0.2) is 0 Å². The fourth-order valence-electron chi connectivity index (χ4n) is 4.74. The van der Waals surface area contributed by atoms with Crippen molar-refractivity contribution >= 4 is 48.3 Å². The van der Waals surface area contributed by atoms with Crippen molar-refractivity contribution in [2.24, 2.45) is 5.73 Å². The number of aliphatic hydroxyl groups is 1. The number of benzene rings is 2. The van der Waals surface area contributed by atoms with E-state index >= 15 is 0 Å². The number of unbranched alkanes of at least 4 members (excludes halogenated alkanes) is 1. The van der Waals surface area contributed by atoms with Crippen LogP contribution in [0.25, 0.3) is 11.1 Å². The molecule has 0 saturated heterocycles. The first-order chi connectivity index (χ1) is 23.2. The third-order valence-electron chi connectivity index (χ3n) is 7.74. The van der Waals surface area contributed by atoms with E-state index in [-0.39, 0.29) is 12.8 Å². The SMILES string of the molecule is CCC[C@H](NC(=O)c1ccc(-c2ccc(Cl)cc2)cc1)C(=O)N[C@H](C(=O)N[C@@H](C)C(=O)N[C@@H](CCCCN)C(=O)N[C@@H](C)B(O)O)[C@@H](C)O. The summed E-state index contributed by atoms with van der Waals surface area (Å²) in [7, 11) is -1.81. The Morgan fingerprint density at radius 3 is 1.82 bits per heavy atom. The van der Waals surface area contributed by atoms with Crippen LogP contribution in [0, 0.1) is 0 Å². The van der Waals surface area contributed by atoms with E-state index in [9.17, 15) is 39.1 Å². The Morgan fingerprint density at radius 1 is 0.735 bits per heavy atom. The monoisotopic (exact) mass is 702 g/mol. The quantitative estimate of drug-likeness (QED) is 0.0728. The van der Waals surface area contributed by atoms with Crippen LogP contribution in [0.3, 0.4) is 0 Å².